The molecule has 0 aliphatic rings. The fourth-order valence-corrected chi connectivity index (χ4v) is 0.892. The van der Waals surface area contributed by atoms with Gasteiger partial charge < -0.3 is 15.3 Å². The zero-order valence-electron chi connectivity index (χ0n) is 6.39. The highest BCUT2D eigenvalue weighted by molar-refractivity contribution is 6.02. The number of benzene rings is 1. The maximum Gasteiger partial charge on any atom is 0.336 e. The third kappa shape index (κ3) is 1.83. The summed E-state index contributed by atoms with van der Waals surface area (Å²) in [5.74, 6) is -2.47. The smallest absolute Gasteiger partial charge is 0.336 e. The number of rotatable bonds is 2. The van der Waals surface area contributed by atoms with E-state index in [0.717, 1.165) is 0 Å². The predicted octanol–water partition coefficient (Wildman–Crippen LogP) is -0.183. The number of hydrogen-bond acceptors (Lipinski definition) is 4. The van der Waals surface area contributed by atoms with Crippen molar-refractivity contribution in [1.29, 1.82) is 0 Å². The second-order valence-corrected chi connectivity index (χ2v) is 2.22. The SMILES string of the molecule is O=C(O)c1ccccc1C(=O)O[O-]. The minimum Gasteiger partial charge on any atom is -0.661 e. The van der Waals surface area contributed by atoms with Crippen molar-refractivity contribution >= 4 is 11.9 Å². The Balaban J connectivity index is 3.19. The molecule has 5 nitrogen and oxygen atoms in total. The quantitative estimate of drug-likeness (QED) is 0.505. The molecule has 1 rings (SSSR count). The largest absolute Gasteiger partial charge is 0.661 e. The molecule has 68 valence electrons. The molecule has 13 heavy (non-hydrogen) atoms. The first-order chi connectivity index (χ1) is 6.16. The molecule has 0 amide bonds. The van der Waals surface area contributed by atoms with Crippen molar-refractivity contribution in [3.05, 3.63) is 35.4 Å². The summed E-state index contributed by atoms with van der Waals surface area (Å²) in [6.45, 7) is 0. The first kappa shape index (κ1) is 9.21. The number of carboxylic acids is 1. The van der Waals surface area contributed by atoms with Crippen LogP contribution in [-0.4, -0.2) is 17.0 Å². The Morgan fingerprint density at radius 3 is 2.23 bits per heavy atom. The van der Waals surface area contributed by atoms with Crippen LogP contribution >= 0.6 is 0 Å². The first-order valence-corrected chi connectivity index (χ1v) is 3.33. The molecular formula is C8H5O5-. The molecule has 0 aliphatic carbocycles. The summed E-state index contributed by atoms with van der Waals surface area (Å²) in [5.41, 5.74) is -0.492. The van der Waals surface area contributed by atoms with Gasteiger partial charge in [0, 0.05) is 0 Å². The lowest BCUT2D eigenvalue weighted by molar-refractivity contribution is -0.653. The summed E-state index contributed by atoms with van der Waals surface area (Å²) < 4.78 is 0. The lowest BCUT2D eigenvalue weighted by Crippen LogP contribution is -2.17. The van der Waals surface area contributed by atoms with Crippen LogP contribution in [0.25, 0.3) is 0 Å². The van der Waals surface area contributed by atoms with Gasteiger partial charge in [0.15, 0.2) is 0 Å². The molecule has 0 heterocycles. The first-order valence-electron chi connectivity index (χ1n) is 3.33. The van der Waals surface area contributed by atoms with E-state index < -0.39 is 11.9 Å². The Kier molecular flexibility index (Phi) is 2.61. The summed E-state index contributed by atoms with van der Waals surface area (Å²) in [6.07, 6.45) is 0. The second-order valence-electron chi connectivity index (χ2n) is 2.22. The van der Waals surface area contributed by atoms with E-state index in [4.69, 9.17) is 5.11 Å². The third-order valence-corrected chi connectivity index (χ3v) is 1.45. The highest BCUT2D eigenvalue weighted by atomic mass is 17.1. The molecule has 5 heteroatoms. The number of aromatic carboxylic acids is 1. The van der Waals surface area contributed by atoms with Gasteiger partial charge in [-0.15, -0.1) is 0 Å². The number of hydrogen-bond donors (Lipinski definition) is 1. The Bertz CT molecular complexity index is 344. The van der Waals surface area contributed by atoms with Crippen molar-refractivity contribution in [1.82, 2.24) is 0 Å². The fourth-order valence-electron chi connectivity index (χ4n) is 0.892. The Morgan fingerprint density at radius 2 is 1.77 bits per heavy atom. The van der Waals surface area contributed by atoms with Crippen LogP contribution in [0.1, 0.15) is 20.7 Å². The molecule has 0 fully saturated rings. The molecular weight excluding hydrogens is 176 g/mol. The van der Waals surface area contributed by atoms with E-state index in [2.05, 4.69) is 4.89 Å². The third-order valence-electron chi connectivity index (χ3n) is 1.45. The molecule has 1 aromatic carbocycles. The maximum absolute atomic E-state index is 10.7. The lowest BCUT2D eigenvalue weighted by Gasteiger charge is -2.07. The van der Waals surface area contributed by atoms with Gasteiger partial charge in [-0.2, -0.15) is 0 Å². The van der Waals surface area contributed by atoms with Gasteiger partial charge in [0.25, 0.3) is 0 Å². The van der Waals surface area contributed by atoms with E-state index >= 15 is 0 Å². The molecule has 0 aromatic heterocycles. The minimum atomic E-state index is -1.28. The van der Waals surface area contributed by atoms with Crippen molar-refractivity contribution < 1.29 is 24.8 Å². The molecule has 1 N–H and O–H groups in total. The zero-order valence-corrected chi connectivity index (χ0v) is 6.39. The van der Waals surface area contributed by atoms with Crippen molar-refractivity contribution in [2.45, 2.75) is 0 Å². The standard InChI is InChI=1S/C8H6O5/c9-7(10)5-3-1-2-4-6(5)8(11)13-12/h1-4,12H,(H,9,10)/p-1. The molecule has 0 saturated carbocycles. The summed E-state index contributed by atoms with van der Waals surface area (Å²) in [6, 6.07) is 5.32. The van der Waals surface area contributed by atoms with Gasteiger partial charge in [0.05, 0.1) is 11.1 Å². The van der Waals surface area contributed by atoms with Gasteiger partial charge in [-0.3, -0.25) is 0 Å². The van der Waals surface area contributed by atoms with E-state index in [9.17, 15) is 14.8 Å². The Hall–Kier alpha value is -1.88. The topological polar surface area (TPSA) is 86.7 Å². The molecule has 0 bridgehead atoms. The van der Waals surface area contributed by atoms with E-state index in [1.54, 1.807) is 0 Å². The Morgan fingerprint density at radius 1 is 1.23 bits per heavy atom. The number of carbonyl (C=O) groups excluding carboxylic acids is 1. The Labute approximate surface area is 73.1 Å². The molecule has 0 aliphatic heterocycles. The van der Waals surface area contributed by atoms with Crippen LogP contribution in [-0.2, 0) is 4.89 Å². The van der Waals surface area contributed by atoms with E-state index in [0.29, 0.717) is 0 Å². The predicted molar refractivity (Wildman–Crippen MR) is 38.8 cm³/mol. The molecule has 0 spiro atoms. The van der Waals surface area contributed by atoms with Crippen LogP contribution in [0.4, 0.5) is 0 Å². The lowest BCUT2D eigenvalue weighted by atomic mass is 10.1. The highest BCUT2D eigenvalue weighted by Gasteiger charge is 2.14. The van der Waals surface area contributed by atoms with Gasteiger partial charge in [-0.05, 0) is 12.1 Å². The number of carboxylic acid groups (broad SMARTS) is 1. The van der Waals surface area contributed by atoms with Crippen LogP contribution in [0, 0.1) is 0 Å². The average molecular weight is 181 g/mol. The van der Waals surface area contributed by atoms with Crippen LogP contribution in [0.5, 0.6) is 0 Å². The molecule has 0 unspecified atom stereocenters. The van der Waals surface area contributed by atoms with Crippen LogP contribution in [0.15, 0.2) is 24.3 Å². The van der Waals surface area contributed by atoms with Crippen molar-refractivity contribution in [3.63, 3.8) is 0 Å². The highest BCUT2D eigenvalue weighted by Crippen LogP contribution is 2.08. The normalized spacial score (nSPS) is 9.31. The minimum absolute atomic E-state index is 0.245. The number of carbonyl (C=O) groups is 2. The molecule has 1 aromatic rings. The summed E-state index contributed by atoms with van der Waals surface area (Å²) in [4.78, 5) is 24.4. The van der Waals surface area contributed by atoms with Gasteiger partial charge >= 0.3 is 11.9 Å². The average Bonchev–Trinajstić information content (AvgIpc) is 2.16. The fraction of sp³-hybridized carbons (Fsp3) is 0. The molecule has 0 saturated heterocycles. The van der Waals surface area contributed by atoms with E-state index in [1.165, 1.54) is 24.3 Å². The van der Waals surface area contributed by atoms with Crippen molar-refractivity contribution in [3.8, 4) is 0 Å². The zero-order chi connectivity index (χ0) is 9.84. The van der Waals surface area contributed by atoms with Crippen molar-refractivity contribution in [2.75, 3.05) is 0 Å². The van der Waals surface area contributed by atoms with Crippen LogP contribution in [0.3, 0.4) is 0 Å². The van der Waals surface area contributed by atoms with Gasteiger partial charge in [-0.1, -0.05) is 12.1 Å². The monoisotopic (exact) mass is 181 g/mol. The second kappa shape index (κ2) is 3.68. The summed E-state index contributed by atoms with van der Waals surface area (Å²) in [5, 5.41) is 18.4. The molecule has 0 atom stereocenters. The van der Waals surface area contributed by atoms with Gasteiger partial charge in [-0.25, -0.2) is 9.59 Å². The van der Waals surface area contributed by atoms with E-state index in [1.807, 2.05) is 0 Å². The summed E-state index contributed by atoms with van der Waals surface area (Å²) >= 11 is 0. The van der Waals surface area contributed by atoms with Crippen LogP contribution < -0.4 is 5.26 Å². The van der Waals surface area contributed by atoms with Gasteiger partial charge in [0.2, 0.25) is 0 Å². The maximum atomic E-state index is 10.7. The van der Waals surface area contributed by atoms with Crippen molar-refractivity contribution in [2.24, 2.45) is 0 Å². The van der Waals surface area contributed by atoms with Crippen LogP contribution in [0.2, 0.25) is 0 Å². The van der Waals surface area contributed by atoms with E-state index in [-0.39, 0.29) is 11.1 Å². The summed E-state index contributed by atoms with van der Waals surface area (Å²) in [7, 11) is 0. The van der Waals surface area contributed by atoms with Gasteiger partial charge in [0.1, 0.15) is 0 Å². The molecule has 0 radical (unpaired) electrons.